The Morgan fingerprint density at radius 1 is 1.24 bits per heavy atom. The summed E-state index contributed by atoms with van der Waals surface area (Å²) in [5.74, 6) is 1.04. The van der Waals surface area contributed by atoms with Gasteiger partial charge in [-0.3, -0.25) is 4.99 Å². The molecule has 0 bridgehead atoms. The lowest BCUT2D eigenvalue weighted by molar-refractivity contribution is 0.0530. The molecule has 0 aliphatic carbocycles. The van der Waals surface area contributed by atoms with Crippen LogP contribution in [0.3, 0.4) is 0 Å². The van der Waals surface area contributed by atoms with E-state index in [1.165, 1.54) is 10.9 Å². The van der Waals surface area contributed by atoms with Gasteiger partial charge in [0, 0.05) is 42.5 Å². The Bertz CT molecular complexity index is 763. The average molecular weight is 531 g/mol. The average Bonchev–Trinajstić information content (AvgIpc) is 3.25. The van der Waals surface area contributed by atoms with Crippen LogP contribution in [-0.2, 0) is 10.2 Å². The second-order valence-corrected chi connectivity index (χ2v) is 8.37. The molecule has 2 N–H and O–H groups in total. The molecule has 1 aromatic heterocycles. The van der Waals surface area contributed by atoms with Crippen LogP contribution in [0, 0.1) is 5.82 Å². The predicted molar refractivity (Wildman–Crippen MR) is 130 cm³/mol. The molecule has 0 spiro atoms. The molecule has 1 aliphatic rings. The zero-order valence-corrected chi connectivity index (χ0v) is 20.3. The highest BCUT2D eigenvalue weighted by Gasteiger charge is 2.34. The van der Waals surface area contributed by atoms with E-state index in [0.29, 0.717) is 25.7 Å². The Labute approximate surface area is 194 Å². The van der Waals surface area contributed by atoms with Crippen LogP contribution in [-0.4, -0.2) is 38.8 Å². The van der Waals surface area contributed by atoms with Gasteiger partial charge >= 0.3 is 0 Å². The van der Waals surface area contributed by atoms with Crippen molar-refractivity contribution >= 4 is 41.3 Å². The summed E-state index contributed by atoms with van der Waals surface area (Å²) < 4.78 is 19.4. The minimum atomic E-state index is -0.192. The van der Waals surface area contributed by atoms with Gasteiger partial charge in [-0.15, -0.1) is 35.3 Å². The third kappa shape index (κ3) is 6.65. The summed E-state index contributed by atoms with van der Waals surface area (Å²) in [5.41, 5.74) is 0.838. The topological polar surface area (TPSA) is 45.7 Å². The Kier molecular flexibility index (Phi) is 9.85. The summed E-state index contributed by atoms with van der Waals surface area (Å²) in [6, 6.07) is 11.2. The van der Waals surface area contributed by atoms with E-state index in [-0.39, 0.29) is 35.2 Å². The normalized spacial score (nSPS) is 17.3. The van der Waals surface area contributed by atoms with Gasteiger partial charge in [-0.1, -0.05) is 25.1 Å². The van der Waals surface area contributed by atoms with E-state index in [1.54, 1.807) is 23.5 Å². The fourth-order valence-corrected chi connectivity index (χ4v) is 4.40. The van der Waals surface area contributed by atoms with Crippen LogP contribution in [0.25, 0.3) is 0 Å². The molecule has 1 atom stereocenters. The molecule has 2 aromatic rings. The number of ether oxygens (including phenoxy) is 1. The largest absolute Gasteiger partial charge is 0.381 e. The van der Waals surface area contributed by atoms with E-state index < -0.39 is 0 Å². The summed E-state index contributed by atoms with van der Waals surface area (Å²) in [7, 11) is 0. The monoisotopic (exact) mass is 531 g/mol. The maximum atomic E-state index is 13.9. The van der Waals surface area contributed by atoms with E-state index in [9.17, 15) is 4.39 Å². The van der Waals surface area contributed by atoms with Crippen LogP contribution in [0.15, 0.2) is 46.8 Å². The summed E-state index contributed by atoms with van der Waals surface area (Å²) >= 11 is 1.78. The fraction of sp³-hybridized carbons (Fsp3) is 0.500. The first-order valence-electron chi connectivity index (χ1n) is 10.0. The molecule has 29 heavy (non-hydrogen) atoms. The second-order valence-electron chi connectivity index (χ2n) is 7.40. The van der Waals surface area contributed by atoms with Crippen molar-refractivity contribution in [3.63, 3.8) is 0 Å². The first kappa shape index (κ1) is 24.1. The molecule has 3 rings (SSSR count). The Morgan fingerprint density at radius 3 is 2.69 bits per heavy atom. The van der Waals surface area contributed by atoms with Gasteiger partial charge in [0.15, 0.2) is 5.96 Å². The van der Waals surface area contributed by atoms with E-state index in [2.05, 4.69) is 42.0 Å². The molecule has 1 fully saturated rings. The van der Waals surface area contributed by atoms with E-state index >= 15 is 0 Å². The maximum absolute atomic E-state index is 13.9. The highest BCUT2D eigenvalue weighted by atomic mass is 127. The highest BCUT2D eigenvalue weighted by Crippen LogP contribution is 2.35. The van der Waals surface area contributed by atoms with Crippen LogP contribution >= 0.6 is 35.3 Å². The van der Waals surface area contributed by atoms with Gasteiger partial charge in [-0.2, -0.15) is 0 Å². The lowest BCUT2D eigenvalue weighted by Crippen LogP contribution is -2.42. The van der Waals surface area contributed by atoms with E-state index in [0.717, 1.165) is 37.5 Å². The standard InChI is InChI=1S/C22H30FN3OS.HI/c1-3-24-21(25-15-17(2)20-8-5-13-28-20)26-16-22(9-11-27-12-10-22)18-6-4-7-19(23)14-18;/h4-8,13-14,17H,3,9-12,15-16H2,1-2H3,(H2,24,25,26);1H. The Balaban J connectivity index is 0.00000300. The first-order valence-corrected chi connectivity index (χ1v) is 10.9. The molecule has 1 aliphatic heterocycles. The molecule has 0 radical (unpaired) electrons. The van der Waals surface area contributed by atoms with Gasteiger partial charge in [0.2, 0.25) is 0 Å². The van der Waals surface area contributed by atoms with Gasteiger partial charge in [0.25, 0.3) is 0 Å². The van der Waals surface area contributed by atoms with Crippen LogP contribution < -0.4 is 10.6 Å². The molecule has 0 amide bonds. The molecule has 1 saturated heterocycles. The minimum absolute atomic E-state index is 0. The van der Waals surface area contributed by atoms with Crippen LogP contribution in [0.4, 0.5) is 4.39 Å². The molecule has 7 heteroatoms. The zero-order chi connectivity index (χ0) is 19.8. The summed E-state index contributed by atoms with van der Waals surface area (Å²) in [6.45, 7) is 7.89. The number of rotatable bonds is 7. The number of thiophene rings is 1. The molecule has 0 saturated carbocycles. The van der Waals surface area contributed by atoms with E-state index in [1.807, 2.05) is 6.07 Å². The SMILES string of the molecule is CCNC(=NCC1(c2cccc(F)c2)CCOCC1)NCC(C)c1cccs1.I. The molecule has 2 heterocycles. The number of nitrogens with zero attached hydrogens (tertiary/aromatic N) is 1. The number of benzene rings is 1. The third-order valence-corrected chi connectivity index (χ3v) is 6.48. The highest BCUT2D eigenvalue weighted by molar-refractivity contribution is 14.0. The molecule has 4 nitrogen and oxygen atoms in total. The second kappa shape index (κ2) is 11.9. The fourth-order valence-electron chi connectivity index (χ4n) is 3.61. The summed E-state index contributed by atoms with van der Waals surface area (Å²) in [4.78, 5) is 6.25. The molecular formula is C22H31FIN3OS. The lowest BCUT2D eigenvalue weighted by atomic mass is 9.74. The van der Waals surface area contributed by atoms with Crippen LogP contribution in [0.2, 0.25) is 0 Å². The van der Waals surface area contributed by atoms with Gasteiger partial charge in [-0.05, 0) is 48.9 Å². The third-order valence-electron chi connectivity index (χ3n) is 5.38. The van der Waals surface area contributed by atoms with Crippen molar-refractivity contribution in [1.82, 2.24) is 10.6 Å². The number of halogens is 2. The quantitative estimate of drug-likeness (QED) is 0.303. The number of guanidine groups is 1. The van der Waals surface area contributed by atoms with Crippen LogP contribution in [0.1, 0.15) is 43.0 Å². The van der Waals surface area contributed by atoms with Crippen LogP contribution in [0.5, 0.6) is 0 Å². The van der Waals surface area contributed by atoms with Gasteiger partial charge < -0.3 is 15.4 Å². The minimum Gasteiger partial charge on any atom is -0.381 e. The van der Waals surface area contributed by atoms with Crippen molar-refractivity contribution in [3.8, 4) is 0 Å². The van der Waals surface area contributed by atoms with Gasteiger partial charge in [-0.25, -0.2) is 4.39 Å². The van der Waals surface area contributed by atoms with Crippen molar-refractivity contribution < 1.29 is 9.13 Å². The van der Waals surface area contributed by atoms with Gasteiger partial charge in [0.05, 0.1) is 6.54 Å². The predicted octanol–water partition coefficient (Wildman–Crippen LogP) is 4.91. The lowest BCUT2D eigenvalue weighted by Gasteiger charge is -2.36. The van der Waals surface area contributed by atoms with Crippen molar-refractivity contribution in [2.75, 3.05) is 32.8 Å². The molecular weight excluding hydrogens is 500 g/mol. The Hall–Kier alpha value is -1.19. The molecule has 1 aromatic carbocycles. The van der Waals surface area contributed by atoms with E-state index in [4.69, 9.17) is 9.73 Å². The summed E-state index contributed by atoms with van der Waals surface area (Å²) in [5, 5.41) is 8.92. The van der Waals surface area contributed by atoms with Crippen molar-refractivity contribution in [1.29, 1.82) is 0 Å². The smallest absolute Gasteiger partial charge is 0.191 e. The maximum Gasteiger partial charge on any atom is 0.191 e. The Morgan fingerprint density at radius 2 is 2.03 bits per heavy atom. The van der Waals surface area contributed by atoms with Crippen molar-refractivity contribution in [3.05, 3.63) is 58.0 Å². The molecule has 1 unspecified atom stereocenters. The number of nitrogens with one attached hydrogen (secondary N) is 2. The number of aliphatic imine (C=N–C) groups is 1. The zero-order valence-electron chi connectivity index (χ0n) is 17.1. The van der Waals surface area contributed by atoms with Gasteiger partial charge in [0.1, 0.15) is 5.82 Å². The number of hydrogen-bond donors (Lipinski definition) is 2. The first-order chi connectivity index (χ1) is 13.6. The molecule has 160 valence electrons. The number of hydrogen-bond acceptors (Lipinski definition) is 3. The summed E-state index contributed by atoms with van der Waals surface area (Å²) in [6.07, 6.45) is 1.70. The van der Waals surface area contributed by atoms with Crippen molar-refractivity contribution in [2.24, 2.45) is 4.99 Å². The van der Waals surface area contributed by atoms with Crippen molar-refractivity contribution in [2.45, 2.75) is 38.0 Å².